The third kappa shape index (κ3) is 1.97. The van der Waals surface area contributed by atoms with Gasteiger partial charge in [-0.2, -0.15) is 0 Å². The summed E-state index contributed by atoms with van der Waals surface area (Å²) >= 11 is 0. The standard InChI is InChI=1S/C16H14N2/c1-2-12-5-7-13(8-6-12)15-10-9-14-4-3-11-17-16(14)18-15/h3-11H,2H2,1H3. The van der Waals surface area contributed by atoms with Crippen molar-refractivity contribution < 1.29 is 0 Å². The molecule has 0 aliphatic rings. The van der Waals surface area contributed by atoms with Gasteiger partial charge in [0.15, 0.2) is 5.65 Å². The van der Waals surface area contributed by atoms with E-state index in [0.717, 1.165) is 28.7 Å². The fourth-order valence-electron chi connectivity index (χ4n) is 2.02. The molecule has 2 aromatic heterocycles. The lowest BCUT2D eigenvalue weighted by atomic mass is 10.1. The summed E-state index contributed by atoms with van der Waals surface area (Å²) < 4.78 is 0. The average Bonchev–Trinajstić information content (AvgIpc) is 2.47. The molecule has 18 heavy (non-hydrogen) atoms. The highest BCUT2D eigenvalue weighted by Crippen LogP contribution is 2.20. The molecule has 2 nitrogen and oxygen atoms in total. The fourth-order valence-corrected chi connectivity index (χ4v) is 2.02. The van der Waals surface area contributed by atoms with Crippen LogP contribution in [0.5, 0.6) is 0 Å². The maximum atomic E-state index is 4.59. The summed E-state index contributed by atoms with van der Waals surface area (Å²) in [5.74, 6) is 0. The van der Waals surface area contributed by atoms with E-state index < -0.39 is 0 Å². The van der Waals surface area contributed by atoms with Gasteiger partial charge in [-0.15, -0.1) is 0 Å². The van der Waals surface area contributed by atoms with Crippen molar-refractivity contribution in [1.29, 1.82) is 0 Å². The lowest BCUT2D eigenvalue weighted by Gasteiger charge is -2.03. The molecule has 0 atom stereocenters. The predicted octanol–water partition coefficient (Wildman–Crippen LogP) is 3.86. The predicted molar refractivity (Wildman–Crippen MR) is 74.4 cm³/mol. The highest BCUT2D eigenvalue weighted by Gasteiger charge is 2.01. The summed E-state index contributed by atoms with van der Waals surface area (Å²) in [4.78, 5) is 8.88. The summed E-state index contributed by atoms with van der Waals surface area (Å²) in [7, 11) is 0. The van der Waals surface area contributed by atoms with E-state index in [9.17, 15) is 0 Å². The van der Waals surface area contributed by atoms with E-state index in [2.05, 4.69) is 47.2 Å². The normalized spacial score (nSPS) is 10.7. The highest BCUT2D eigenvalue weighted by atomic mass is 14.8. The zero-order chi connectivity index (χ0) is 12.4. The summed E-state index contributed by atoms with van der Waals surface area (Å²) in [6.07, 6.45) is 2.84. The number of aromatic nitrogens is 2. The van der Waals surface area contributed by atoms with Crippen LogP contribution in [0.4, 0.5) is 0 Å². The molecule has 0 N–H and O–H groups in total. The van der Waals surface area contributed by atoms with Gasteiger partial charge in [-0.3, -0.25) is 0 Å². The zero-order valence-electron chi connectivity index (χ0n) is 10.3. The SMILES string of the molecule is CCc1ccc(-c2ccc3cccnc3n2)cc1. The summed E-state index contributed by atoms with van der Waals surface area (Å²) in [5, 5.41) is 1.08. The second-order valence-electron chi connectivity index (χ2n) is 4.30. The minimum Gasteiger partial charge on any atom is -0.237 e. The summed E-state index contributed by atoms with van der Waals surface area (Å²) in [6, 6.07) is 16.6. The van der Waals surface area contributed by atoms with Crippen LogP contribution in [-0.4, -0.2) is 9.97 Å². The molecule has 0 aliphatic heterocycles. The molecule has 88 valence electrons. The molecule has 3 rings (SSSR count). The molecule has 0 spiro atoms. The van der Waals surface area contributed by atoms with E-state index in [1.165, 1.54) is 5.56 Å². The molecular formula is C16H14N2. The Morgan fingerprint density at radius 3 is 2.56 bits per heavy atom. The Kier molecular flexibility index (Phi) is 2.77. The molecule has 0 saturated heterocycles. The van der Waals surface area contributed by atoms with Crippen molar-refractivity contribution in [3.63, 3.8) is 0 Å². The molecule has 1 aromatic carbocycles. The minimum atomic E-state index is 0.801. The molecule has 0 radical (unpaired) electrons. The van der Waals surface area contributed by atoms with Gasteiger partial charge in [0, 0.05) is 17.1 Å². The topological polar surface area (TPSA) is 25.8 Å². The van der Waals surface area contributed by atoms with Crippen LogP contribution in [0.1, 0.15) is 12.5 Å². The second-order valence-corrected chi connectivity index (χ2v) is 4.30. The van der Waals surface area contributed by atoms with E-state index >= 15 is 0 Å². The minimum absolute atomic E-state index is 0.801. The van der Waals surface area contributed by atoms with Crippen LogP contribution < -0.4 is 0 Å². The molecule has 3 aromatic rings. The van der Waals surface area contributed by atoms with Gasteiger partial charge in [-0.25, -0.2) is 9.97 Å². The number of nitrogens with zero attached hydrogens (tertiary/aromatic N) is 2. The molecular weight excluding hydrogens is 220 g/mol. The van der Waals surface area contributed by atoms with Crippen LogP contribution in [0.2, 0.25) is 0 Å². The van der Waals surface area contributed by atoms with E-state index in [1.54, 1.807) is 6.20 Å². The fraction of sp³-hybridized carbons (Fsp3) is 0.125. The molecule has 0 aliphatic carbocycles. The first-order valence-electron chi connectivity index (χ1n) is 6.18. The number of hydrogen-bond donors (Lipinski definition) is 0. The van der Waals surface area contributed by atoms with Crippen molar-refractivity contribution >= 4 is 11.0 Å². The molecule has 0 unspecified atom stereocenters. The van der Waals surface area contributed by atoms with Gasteiger partial charge in [0.05, 0.1) is 5.69 Å². The number of rotatable bonds is 2. The number of hydrogen-bond acceptors (Lipinski definition) is 2. The van der Waals surface area contributed by atoms with Crippen LogP contribution in [0, 0.1) is 0 Å². The Hall–Kier alpha value is -2.22. The maximum absolute atomic E-state index is 4.59. The van der Waals surface area contributed by atoms with E-state index in [0.29, 0.717) is 0 Å². The number of aryl methyl sites for hydroxylation is 1. The second kappa shape index (κ2) is 4.57. The number of pyridine rings is 2. The third-order valence-electron chi connectivity index (χ3n) is 3.12. The van der Waals surface area contributed by atoms with E-state index in [4.69, 9.17) is 0 Å². The maximum Gasteiger partial charge on any atom is 0.159 e. The Bertz CT molecular complexity index is 672. The average molecular weight is 234 g/mol. The first-order valence-corrected chi connectivity index (χ1v) is 6.18. The largest absolute Gasteiger partial charge is 0.237 e. The van der Waals surface area contributed by atoms with Gasteiger partial charge in [0.2, 0.25) is 0 Å². The lowest BCUT2D eigenvalue weighted by molar-refractivity contribution is 1.14. The van der Waals surface area contributed by atoms with Crippen LogP contribution in [0.3, 0.4) is 0 Å². The lowest BCUT2D eigenvalue weighted by Crippen LogP contribution is -1.88. The molecule has 0 bridgehead atoms. The molecule has 0 saturated carbocycles. The summed E-state index contributed by atoms with van der Waals surface area (Å²) in [6.45, 7) is 2.16. The Morgan fingerprint density at radius 1 is 0.944 bits per heavy atom. The first kappa shape index (κ1) is 10.9. The van der Waals surface area contributed by atoms with Crippen molar-refractivity contribution in [1.82, 2.24) is 9.97 Å². The van der Waals surface area contributed by atoms with Crippen molar-refractivity contribution in [2.24, 2.45) is 0 Å². The summed E-state index contributed by atoms with van der Waals surface area (Å²) in [5.41, 5.74) is 4.26. The smallest absolute Gasteiger partial charge is 0.159 e. The van der Waals surface area contributed by atoms with Crippen molar-refractivity contribution in [3.05, 3.63) is 60.3 Å². The first-order chi connectivity index (χ1) is 8.86. The molecule has 2 heteroatoms. The monoisotopic (exact) mass is 234 g/mol. The van der Waals surface area contributed by atoms with Gasteiger partial charge < -0.3 is 0 Å². The van der Waals surface area contributed by atoms with Crippen LogP contribution in [0.15, 0.2) is 54.7 Å². The number of benzene rings is 1. The van der Waals surface area contributed by atoms with Gasteiger partial charge >= 0.3 is 0 Å². The Labute approximate surface area is 106 Å². The third-order valence-corrected chi connectivity index (χ3v) is 3.12. The van der Waals surface area contributed by atoms with E-state index in [-0.39, 0.29) is 0 Å². The van der Waals surface area contributed by atoms with Crippen LogP contribution >= 0.6 is 0 Å². The van der Waals surface area contributed by atoms with Gasteiger partial charge in [-0.1, -0.05) is 31.2 Å². The Balaban J connectivity index is 2.07. The van der Waals surface area contributed by atoms with Gasteiger partial charge in [-0.05, 0) is 36.2 Å². The van der Waals surface area contributed by atoms with Crippen molar-refractivity contribution in [3.8, 4) is 11.3 Å². The molecule has 2 heterocycles. The van der Waals surface area contributed by atoms with Crippen molar-refractivity contribution in [2.75, 3.05) is 0 Å². The van der Waals surface area contributed by atoms with Crippen LogP contribution in [0.25, 0.3) is 22.3 Å². The molecule has 0 fully saturated rings. The highest BCUT2D eigenvalue weighted by molar-refractivity contribution is 5.77. The van der Waals surface area contributed by atoms with Crippen LogP contribution in [-0.2, 0) is 6.42 Å². The zero-order valence-corrected chi connectivity index (χ0v) is 10.3. The Morgan fingerprint density at radius 2 is 1.78 bits per heavy atom. The number of fused-ring (bicyclic) bond motifs is 1. The van der Waals surface area contributed by atoms with E-state index in [1.807, 2.05) is 18.2 Å². The quantitative estimate of drug-likeness (QED) is 0.673. The van der Waals surface area contributed by atoms with Gasteiger partial charge in [0.1, 0.15) is 0 Å². The van der Waals surface area contributed by atoms with Crippen molar-refractivity contribution in [2.45, 2.75) is 13.3 Å². The van der Waals surface area contributed by atoms with Gasteiger partial charge in [0.25, 0.3) is 0 Å². The molecule has 0 amide bonds.